The largest absolute Gasteiger partial charge is 0.490 e. The highest BCUT2D eigenvalue weighted by atomic mass is 16.6. The van der Waals surface area contributed by atoms with E-state index < -0.39 is 0 Å². The fourth-order valence-corrected chi connectivity index (χ4v) is 1.38. The SMILES string of the molecule is CCOc1cc(CCN)ccc1OC(C)=O. The average molecular weight is 223 g/mol. The summed E-state index contributed by atoms with van der Waals surface area (Å²) in [5.74, 6) is 0.686. The van der Waals surface area contributed by atoms with Crippen molar-refractivity contribution in [3.63, 3.8) is 0 Å². The fraction of sp³-hybridized carbons (Fsp3) is 0.417. The third-order valence-corrected chi connectivity index (χ3v) is 1.99. The van der Waals surface area contributed by atoms with Gasteiger partial charge in [-0.3, -0.25) is 4.79 Å². The van der Waals surface area contributed by atoms with Crippen molar-refractivity contribution in [1.82, 2.24) is 0 Å². The maximum atomic E-state index is 10.9. The Balaban J connectivity index is 2.93. The van der Waals surface area contributed by atoms with E-state index in [0.717, 1.165) is 12.0 Å². The first-order chi connectivity index (χ1) is 7.67. The number of carbonyl (C=O) groups excluding carboxylic acids is 1. The Hall–Kier alpha value is -1.55. The molecule has 0 fully saturated rings. The van der Waals surface area contributed by atoms with Crippen LogP contribution in [0.2, 0.25) is 0 Å². The third kappa shape index (κ3) is 3.55. The van der Waals surface area contributed by atoms with Crippen molar-refractivity contribution in [2.24, 2.45) is 5.73 Å². The number of ether oxygens (including phenoxy) is 2. The molecule has 0 aliphatic heterocycles. The monoisotopic (exact) mass is 223 g/mol. The Morgan fingerprint density at radius 3 is 2.69 bits per heavy atom. The van der Waals surface area contributed by atoms with Crippen LogP contribution >= 0.6 is 0 Å². The standard InChI is InChI=1S/C12H17NO3/c1-3-15-12-8-10(6-7-13)4-5-11(12)16-9(2)14/h4-5,8H,3,6-7,13H2,1-2H3. The second kappa shape index (κ2) is 6.12. The number of carbonyl (C=O) groups is 1. The molecule has 16 heavy (non-hydrogen) atoms. The summed E-state index contributed by atoms with van der Waals surface area (Å²) in [6.07, 6.45) is 0.778. The minimum absolute atomic E-state index is 0.354. The second-order valence-electron chi connectivity index (χ2n) is 3.35. The molecule has 1 aromatic carbocycles. The van der Waals surface area contributed by atoms with E-state index in [2.05, 4.69) is 0 Å². The highest BCUT2D eigenvalue weighted by Crippen LogP contribution is 2.28. The zero-order valence-electron chi connectivity index (χ0n) is 9.66. The lowest BCUT2D eigenvalue weighted by Gasteiger charge is -2.11. The van der Waals surface area contributed by atoms with E-state index in [4.69, 9.17) is 15.2 Å². The molecule has 0 amide bonds. The minimum Gasteiger partial charge on any atom is -0.490 e. The molecular weight excluding hydrogens is 206 g/mol. The van der Waals surface area contributed by atoms with Crippen LogP contribution in [0, 0.1) is 0 Å². The van der Waals surface area contributed by atoms with Gasteiger partial charge in [0.05, 0.1) is 6.61 Å². The van der Waals surface area contributed by atoms with Crippen molar-refractivity contribution in [3.8, 4) is 11.5 Å². The number of esters is 1. The van der Waals surface area contributed by atoms with Crippen LogP contribution in [0.1, 0.15) is 19.4 Å². The molecule has 0 heterocycles. The van der Waals surface area contributed by atoms with Gasteiger partial charge in [0.25, 0.3) is 0 Å². The Bertz CT molecular complexity index is 363. The summed E-state index contributed by atoms with van der Waals surface area (Å²) in [7, 11) is 0. The maximum Gasteiger partial charge on any atom is 0.308 e. The molecule has 0 saturated heterocycles. The molecule has 0 bridgehead atoms. The molecule has 88 valence electrons. The average Bonchev–Trinajstić information content (AvgIpc) is 2.22. The molecule has 1 rings (SSSR count). The molecule has 1 aromatic rings. The predicted molar refractivity (Wildman–Crippen MR) is 61.7 cm³/mol. The first-order valence-corrected chi connectivity index (χ1v) is 5.31. The van der Waals surface area contributed by atoms with E-state index in [1.54, 1.807) is 6.07 Å². The Labute approximate surface area is 95.3 Å². The minimum atomic E-state index is -0.354. The highest BCUT2D eigenvalue weighted by molar-refractivity contribution is 5.70. The smallest absolute Gasteiger partial charge is 0.308 e. The summed E-state index contributed by atoms with van der Waals surface area (Å²) in [5, 5.41) is 0. The Kier molecular flexibility index (Phi) is 4.79. The van der Waals surface area contributed by atoms with Gasteiger partial charge in [-0.1, -0.05) is 6.07 Å². The van der Waals surface area contributed by atoms with E-state index in [9.17, 15) is 4.79 Å². The number of hydrogen-bond donors (Lipinski definition) is 1. The lowest BCUT2D eigenvalue weighted by atomic mass is 10.1. The van der Waals surface area contributed by atoms with Gasteiger partial charge >= 0.3 is 5.97 Å². The van der Waals surface area contributed by atoms with Crippen molar-refractivity contribution in [1.29, 1.82) is 0 Å². The maximum absolute atomic E-state index is 10.9. The van der Waals surface area contributed by atoms with E-state index >= 15 is 0 Å². The van der Waals surface area contributed by atoms with Crippen molar-refractivity contribution in [3.05, 3.63) is 23.8 Å². The van der Waals surface area contributed by atoms with Crippen LogP contribution in [0.4, 0.5) is 0 Å². The quantitative estimate of drug-likeness (QED) is 0.607. The number of hydrogen-bond acceptors (Lipinski definition) is 4. The number of rotatable bonds is 5. The van der Waals surface area contributed by atoms with Gasteiger partial charge in [-0.2, -0.15) is 0 Å². The molecule has 0 spiro atoms. The molecular formula is C12H17NO3. The van der Waals surface area contributed by atoms with E-state index in [1.807, 2.05) is 19.1 Å². The third-order valence-electron chi connectivity index (χ3n) is 1.99. The van der Waals surface area contributed by atoms with E-state index in [-0.39, 0.29) is 5.97 Å². The molecule has 0 radical (unpaired) electrons. The predicted octanol–water partition coefficient (Wildman–Crippen LogP) is 1.51. The normalized spacial score (nSPS) is 9.94. The van der Waals surface area contributed by atoms with Gasteiger partial charge in [0, 0.05) is 6.92 Å². The Morgan fingerprint density at radius 2 is 2.12 bits per heavy atom. The van der Waals surface area contributed by atoms with Crippen LogP contribution in [0.5, 0.6) is 11.5 Å². The molecule has 0 atom stereocenters. The van der Waals surface area contributed by atoms with E-state index in [1.165, 1.54) is 6.92 Å². The number of benzene rings is 1. The summed E-state index contributed by atoms with van der Waals surface area (Å²) in [4.78, 5) is 10.9. The highest BCUT2D eigenvalue weighted by Gasteiger charge is 2.08. The molecule has 0 unspecified atom stereocenters. The molecule has 4 nitrogen and oxygen atoms in total. The van der Waals surface area contributed by atoms with Crippen LogP contribution in [-0.2, 0) is 11.2 Å². The lowest BCUT2D eigenvalue weighted by Crippen LogP contribution is -2.06. The van der Waals surface area contributed by atoms with Crippen molar-refractivity contribution >= 4 is 5.97 Å². The molecule has 2 N–H and O–H groups in total. The lowest BCUT2D eigenvalue weighted by molar-refractivity contribution is -0.132. The first-order valence-electron chi connectivity index (χ1n) is 5.31. The topological polar surface area (TPSA) is 61.6 Å². The van der Waals surface area contributed by atoms with Gasteiger partial charge in [-0.25, -0.2) is 0 Å². The van der Waals surface area contributed by atoms with Crippen molar-refractivity contribution in [2.45, 2.75) is 20.3 Å². The van der Waals surface area contributed by atoms with Gasteiger partial charge in [0.1, 0.15) is 0 Å². The van der Waals surface area contributed by atoms with Gasteiger partial charge < -0.3 is 15.2 Å². The summed E-state index contributed by atoms with van der Waals surface area (Å²) in [6.45, 7) is 4.36. The molecule has 4 heteroatoms. The zero-order chi connectivity index (χ0) is 12.0. The van der Waals surface area contributed by atoms with Crippen molar-refractivity contribution in [2.75, 3.05) is 13.2 Å². The van der Waals surface area contributed by atoms with Crippen LogP contribution in [0.25, 0.3) is 0 Å². The summed E-state index contributed by atoms with van der Waals surface area (Å²) in [6, 6.07) is 5.47. The van der Waals surface area contributed by atoms with Gasteiger partial charge in [0.15, 0.2) is 11.5 Å². The van der Waals surface area contributed by atoms with Gasteiger partial charge in [-0.05, 0) is 37.6 Å². The summed E-state index contributed by atoms with van der Waals surface area (Å²) in [5.41, 5.74) is 6.55. The number of nitrogens with two attached hydrogens (primary N) is 1. The zero-order valence-corrected chi connectivity index (χ0v) is 9.66. The molecule has 0 aliphatic carbocycles. The molecule has 0 aromatic heterocycles. The Morgan fingerprint density at radius 1 is 1.38 bits per heavy atom. The fourth-order valence-electron chi connectivity index (χ4n) is 1.38. The van der Waals surface area contributed by atoms with Gasteiger partial charge in [-0.15, -0.1) is 0 Å². The van der Waals surface area contributed by atoms with Crippen LogP contribution < -0.4 is 15.2 Å². The second-order valence-corrected chi connectivity index (χ2v) is 3.35. The first kappa shape index (κ1) is 12.5. The van der Waals surface area contributed by atoms with Crippen LogP contribution in [0.3, 0.4) is 0 Å². The summed E-state index contributed by atoms with van der Waals surface area (Å²) < 4.78 is 10.4. The summed E-state index contributed by atoms with van der Waals surface area (Å²) >= 11 is 0. The van der Waals surface area contributed by atoms with Crippen molar-refractivity contribution < 1.29 is 14.3 Å². The van der Waals surface area contributed by atoms with E-state index in [0.29, 0.717) is 24.7 Å². The van der Waals surface area contributed by atoms with Gasteiger partial charge in [0.2, 0.25) is 0 Å². The van der Waals surface area contributed by atoms with Crippen LogP contribution in [-0.4, -0.2) is 19.1 Å². The molecule has 0 saturated carbocycles. The molecule has 0 aliphatic rings. The van der Waals surface area contributed by atoms with Crippen LogP contribution in [0.15, 0.2) is 18.2 Å².